The molecule has 0 aliphatic heterocycles. The van der Waals surface area contributed by atoms with Gasteiger partial charge in [0, 0.05) is 11.6 Å². The summed E-state index contributed by atoms with van der Waals surface area (Å²) >= 11 is 0. The topological polar surface area (TPSA) is 46.2 Å². The fraction of sp³-hybridized carbons (Fsp3) is 0.419. The highest BCUT2D eigenvalue weighted by Crippen LogP contribution is 2.40. The number of imide groups is 1. The van der Waals surface area contributed by atoms with Gasteiger partial charge in [-0.1, -0.05) is 80.9 Å². The second kappa shape index (κ2) is 13.1. The van der Waals surface area contributed by atoms with Crippen LogP contribution in [-0.2, 0) is 11.2 Å². The van der Waals surface area contributed by atoms with E-state index in [1.165, 1.54) is 42.0 Å². The van der Waals surface area contributed by atoms with Gasteiger partial charge in [0.05, 0.1) is 0 Å². The minimum absolute atomic E-state index is 0.232. The minimum atomic E-state index is -0.412. The third kappa shape index (κ3) is 8.78. The molecule has 1 aliphatic carbocycles. The molecule has 0 fully saturated rings. The molecule has 0 atom stereocenters. The number of allylic oxidation sites excluding steroid dienone is 9. The summed E-state index contributed by atoms with van der Waals surface area (Å²) in [5.74, 6) is -0.791. The Labute approximate surface area is 206 Å². The maximum Gasteiger partial charge on any atom is 0.258 e. The number of benzene rings is 1. The molecule has 182 valence electrons. The first-order valence-electron chi connectivity index (χ1n) is 12.5. The van der Waals surface area contributed by atoms with Gasteiger partial charge < -0.3 is 0 Å². The van der Waals surface area contributed by atoms with Gasteiger partial charge in [-0.15, -0.1) is 0 Å². The molecule has 0 unspecified atom stereocenters. The Hall–Kier alpha value is -2.94. The zero-order chi connectivity index (χ0) is 25.1. The molecule has 3 heteroatoms. The van der Waals surface area contributed by atoms with Crippen LogP contribution < -0.4 is 5.32 Å². The van der Waals surface area contributed by atoms with Crippen LogP contribution in [-0.4, -0.2) is 11.8 Å². The van der Waals surface area contributed by atoms with Crippen LogP contribution in [0.3, 0.4) is 0 Å². The van der Waals surface area contributed by atoms with Gasteiger partial charge in [0.1, 0.15) is 0 Å². The van der Waals surface area contributed by atoms with E-state index in [0.29, 0.717) is 5.56 Å². The molecule has 0 aromatic heterocycles. The van der Waals surface area contributed by atoms with Gasteiger partial charge in [-0.25, -0.2) is 0 Å². The van der Waals surface area contributed by atoms with E-state index in [1.54, 1.807) is 12.1 Å². The van der Waals surface area contributed by atoms with Gasteiger partial charge in [0.2, 0.25) is 0 Å². The molecule has 0 spiro atoms. The van der Waals surface area contributed by atoms with Crippen molar-refractivity contribution in [2.24, 2.45) is 5.41 Å². The molecule has 0 bridgehead atoms. The van der Waals surface area contributed by atoms with Crippen molar-refractivity contribution >= 4 is 11.8 Å². The maximum absolute atomic E-state index is 12.3. The van der Waals surface area contributed by atoms with Crippen LogP contribution in [0.2, 0.25) is 0 Å². The van der Waals surface area contributed by atoms with Crippen LogP contribution in [0, 0.1) is 5.41 Å². The molecule has 3 nitrogen and oxygen atoms in total. The molecule has 1 N–H and O–H groups in total. The molecule has 0 saturated carbocycles. The van der Waals surface area contributed by atoms with E-state index in [4.69, 9.17) is 0 Å². The standard InChI is InChI=1S/C31H41NO2/c1-7-8-14-26-16-18-27(19-17-26)30(34)32-29(33)22-24(3)12-9-11-23(2)15-20-28-25(4)13-10-21-31(28,5)6/h9,11-12,15-20,22H,7-8,10,13-14,21H2,1-6H3,(H,32,33,34). The highest BCUT2D eigenvalue weighted by Gasteiger charge is 2.26. The van der Waals surface area contributed by atoms with Crippen LogP contribution in [0.25, 0.3) is 0 Å². The Morgan fingerprint density at radius 2 is 1.76 bits per heavy atom. The van der Waals surface area contributed by atoms with Gasteiger partial charge in [0.15, 0.2) is 0 Å². The highest BCUT2D eigenvalue weighted by atomic mass is 16.2. The smallest absolute Gasteiger partial charge is 0.258 e. The van der Waals surface area contributed by atoms with E-state index >= 15 is 0 Å². The molecular formula is C31H41NO2. The highest BCUT2D eigenvalue weighted by molar-refractivity contribution is 6.08. The van der Waals surface area contributed by atoms with E-state index < -0.39 is 5.91 Å². The first-order valence-corrected chi connectivity index (χ1v) is 12.5. The second-order valence-electron chi connectivity index (χ2n) is 10.0. The lowest BCUT2D eigenvalue weighted by Crippen LogP contribution is -2.29. The predicted octanol–water partition coefficient (Wildman–Crippen LogP) is 7.82. The molecule has 0 heterocycles. The number of amides is 2. The summed E-state index contributed by atoms with van der Waals surface area (Å²) in [5, 5.41) is 2.44. The maximum atomic E-state index is 12.3. The van der Waals surface area contributed by atoms with Crippen LogP contribution in [0.4, 0.5) is 0 Å². The molecule has 1 aliphatic rings. The molecule has 34 heavy (non-hydrogen) atoms. The van der Waals surface area contributed by atoms with E-state index in [1.807, 2.05) is 37.3 Å². The summed E-state index contributed by atoms with van der Waals surface area (Å²) < 4.78 is 0. The van der Waals surface area contributed by atoms with Crippen LogP contribution in [0.5, 0.6) is 0 Å². The third-order valence-electron chi connectivity index (χ3n) is 6.40. The van der Waals surface area contributed by atoms with Crippen molar-refractivity contribution in [3.8, 4) is 0 Å². The van der Waals surface area contributed by atoms with E-state index in [-0.39, 0.29) is 11.3 Å². The van der Waals surface area contributed by atoms with Crippen molar-refractivity contribution in [3.63, 3.8) is 0 Å². The average Bonchev–Trinajstić information content (AvgIpc) is 2.77. The molecule has 0 radical (unpaired) electrons. The molecule has 1 aromatic carbocycles. The summed E-state index contributed by atoms with van der Waals surface area (Å²) in [6.45, 7) is 13.0. The number of hydrogen-bond acceptors (Lipinski definition) is 2. The summed E-state index contributed by atoms with van der Waals surface area (Å²) in [5.41, 5.74) is 6.79. The number of nitrogens with one attached hydrogen (secondary N) is 1. The summed E-state index contributed by atoms with van der Waals surface area (Å²) in [6, 6.07) is 7.46. The number of aryl methyl sites for hydroxylation is 1. The molecule has 1 aromatic rings. The van der Waals surface area contributed by atoms with Crippen LogP contribution >= 0.6 is 0 Å². The van der Waals surface area contributed by atoms with Gasteiger partial charge >= 0.3 is 0 Å². The van der Waals surface area contributed by atoms with E-state index in [2.05, 4.69) is 52.1 Å². The SMILES string of the molecule is CCCCc1ccc(C(=O)NC(=O)C=C(C)C=CC=C(C)C=CC2=C(C)CCCC2(C)C)cc1. The lowest BCUT2D eigenvalue weighted by molar-refractivity contribution is -0.115. The number of rotatable bonds is 9. The van der Waals surface area contributed by atoms with Crippen molar-refractivity contribution < 1.29 is 9.59 Å². The van der Waals surface area contributed by atoms with Gasteiger partial charge in [-0.3, -0.25) is 14.9 Å². The first-order chi connectivity index (χ1) is 16.1. The molecule has 0 saturated heterocycles. The van der Waals surface area contributed by atoms with Gasteiger partial charge in [-0.05, 0) is 87.1 Å². The normalized spacial score (nSPS) is 17.0. The molecular weight excluding hydrogens is 418 g/mol. The zero-order valence-electron chi connectivity index (χ0n) is 21.8. The largest absolute Gasteiger partial charge is 0.289 e. The first kappa shape index (κ1) is 27.3. The van der Waals surface area contributed by atoms with Crippen molar-refractivity contribution in [3.05, 3.63) is 94.1 Å². The molecule has 2 amide bonds. The number of unbranched alkanes of at least 4 members (excludes halogenated alkanes) is 1. The van der Waals surface area contributed by atoms with Crippen molar-refractivity contribution in [1.29, 1.82) is 0 Å². The van der Waals surface area contributed by atoms with Crippen LogP contribution in [0.1, 0.15) is 89.6 Å². The fourth-order valence-corrected chi connectivity index (χ4v) is 4.31. The second-order valence-corrected chi connectivity index (χ2v) is 10.0. The quantitative estimate of drug-likeness (QED) is 0.302. The van der Waals surface area contributed by atoms with Gasteiger partial charge in [-0.2, -0.15) is 0 Å². The Morgan fingerprint density at radius 1 is 1.06 bits per heavy atom. The third-order valence-corrected chi connectivity index (χ3v) is 6.40. The summed E-state index contributed by atoms with van der Waals surface area (Å²) in [6.07, 6.45) is 18.7. The van der Waals surface area contributed by atoms with E-state index in [0.717, 1.165) is 30.4 Å². The Kier molecular flexibility index (Phi) is 10.5. The van der Waals surface area contributed by atoms with Crippen molar-refractivity contribution in [2.45, 2.75) is 80.1 Å². The number of carbonyl (C=O) groups is 2. The van der Waals surface area contributed by atoms with Crippen molar-refractivity contribution in [1.82, 2.24) is 5.32 Å². The zero-order valence-corrected chi connectivity index (χ0v) is 21.8. The Balaban J connectivity index is 1.92. The lowest BCUT2D eigenvalue weighted by atomic mass is 9.72. The van der Waals surface area contributed by atoms with E-state index in [9.17, 15) is 9.59 Å². The van der Waals surface area contributed by atoms with Crippen molar-refractivity contribution in [2.75, 3.05) is 0 Å². The van der Waals surface area contributed by atoms with Gasteiger partial charge in [0.25, 0.3) is 11.8 Å². The Morgan fingerprint density at radius 3 is 2.41 bits per heavy atom. The van der Waals surface area contributed by atoms with Crippen LogP contribution in [0.15, 0.2) is 83.0 Å². The predicted molar refractivity (Wildman–Crippen MR) is 144 cm³/mol. The fourth-order valence-electron chi connectivity index (χ4n) is 4.31. The Bertz CT molecular complexity index is 1010. The minimum Gasteiger partial charge on any atom is -0.289 e. The molecule has 2 rings (SSSR count). The lowest BCUT2D eigenvalue weighted by Gasteiger charge is -2.32. The monoisotopic (exact) mass is 459 g/mol. The average molecular weight is 460 g/mol. The summed E-state index contributed by atoms with van der Waals surface area (Å²) in [7, 11) is 0. The number of carbonyl (C=O) groups excluding carboxylic acids is 2. The number of hydrogen-bond donors (Lipinski definition) is 1. The summed E-state index contributed by atoms with van der Waals surface area (Å²) in [4.78, 5) is 24.6.